The van der Waals surface area contributed by atoms with Gasteiger partial charge in [0.2, 0.25) is 0 Å². The molecule has 0 unspecified atom stereocenters. The second-order valence-corrected chi connectivity index (χ2v) is 6.39. The number of rotatable bonds is 2. The van der Waals surface area contributed by atoms with Gasteiger partial charge in [-0.05, 0) is 48.4 Å². The Bertz CT molecular complexity index is 580. The standard InChI is InChI=1S/C18H22O/c1-12-6-7-14(10-12)16-9-8-15(18(3,4)5)11-17(16)13(2)19/h6,8-11H,7H2,1-5H3. The van der Waals surface area contributed by atoms with Crippen LogP contribution in [0.25, 0.3) is 5.57 Å². The predicted molar refractivity (Wildman–Crippen MR) is 81.5 cm³/mol. The predicted octanol–water partition coefficient (Wildman–Crippen LogP) is 4.92. The van der Waals surface area contributed by atoms with E-state index in [9.17, 15) is 4.79 Å². The first-order valence-electron chi connectivity index (χ1n) is 6.82. The van der Waals surface area contributed by atoms with Gasteiger partial charge < -0.3 is 0 Å². The summed E-state index contributed by atoms with van der Waals surface area (Å²) in [5.74, 6) is 0.145. The lowest BCUT2D eigenvalue weighted by molar-refractivity contribution is 0.101. The minimum Gasteiger partial charge on any atom is -0.294 e. The zero-order chi connectivity index (χ0) is 14.2. The maximum atomic E-state index is 11.9. The van der Waals surface area contributed by atoms with Crippen LogP contribution in [0.2, 0.25) is 0 Å². The molecule has 0 saturated carbocycles. The van der Waals surface area contributed by atoms with E-state index in [1.807, 2.05) is 0 Å². The highest BCUT2D eigenvalue weighted by atomic mass is 16.1. The largest absolute Gasteiger partial charge is 0.294 e. The fourth-order valence-corrected chi connectivity index (χ4v) is 2.43. The second kappa shape index (κ2) is 4.80. The maximum Gasteiger partial charge on any atom is 0.160 e. The number of Topliss-reactive ketones (excluding diaryl/α,β-unsaturated/α-hetero) is 1. The zero-order valence-electron chi connectivity index (χ0n) is 12.5. The van der Waals surface area contributed by atoms with Gasteiger partial charge in [-0.2, -0.15) is 0 Å². The first kappa shape index (κ1) is 13.8. The van der Waals surface area contributed by atoms with Crippen LogP contribution >= 0.6 is 0 Å². The summed E-state index contributed by atoms with van der Waals surface area (Å²) >= 11 is 0. The summed E-state index contributed by atoms with van der Waals surface area (Å²) in [6, 6.07) is 6.32. The molecule has 19 heavy (non-hydrogen) atoms. The van der Waals surface area contributed by atoms with E-state index in [-0.39, 0.29) is 11.2 Å². The molecule has 1 aliphatic rings. The van der Waals surface area contributed by atoms with E-state index in [0.717, 1.165) is 17.5 Å². The van der Waals surface area contributed by atoms with Crippen molar-refractivity contribution in [1.29, 1.82) is 0 Å². The highest BCUT2D eigenvalue weighted by molar-refractivity contribution is 6.00. The third-order valence-electron chi connectivity index (χ3n) is 3.66. The van der Waals surface area contributed by atoms with Crippen molar-refractivity contribution in [3.8, 4) is 0 Å². The van der Waals surface area contributed by atoms with Crippen LogP contribution < -0.4 is 0 Å². The summed E-state index contributed by atoms with van der Waals surface area (Å²) in [4.78, 5) is 11.9. The van der Waals surface area contributed by atoms with Gasteiger partial charge in [0.25, 0.3) is 0 Å². The van der Waals surface area contributed by atoms with E-state index in [1.54, 1.807) is 6.92 Å². The fourth-order valence-electron chi connectivity index (χ4n) is 2.43. The van der Waals surface area contributed by atoms with Gasteiger partial charge in [-0.3, -0.25) is 4.79 Å². The van der Waals surface area contributed by atoms with Crippen LogP contribution in [0.4, 0.5) is 0 Å². The molecule has 0 atom stereocenters. The van der Waals surface area contributed by atoms with Crippen molar-refractivity contribution in [3.05, 3.63) is 52.6 Å². The molecule has 0 spiro atoms. The van der Waals surface area contributed by atoms with Crippen LogP contribution in [0.1, 0.15) is 62.5 Å². The summed E-state index contributed by atoms with van der Waals surface area (Å²) in [5.41, 5.74) is 5.76. The fraction of sp³-hybridized carbons (Fsp3) is 0.389. The van der Waals surface area contributed by atoms with Crippen LogP contribution in [0.5, 0.6) is 0 Å². The number of carbonyl (C=O) groups excluding carboxylic acids is 1. The van der Waals surface area contributed by atoms with Crippen LogP contribution in [0.3, 0.4) is 0 Å². The first-order valence-corrected chi connectivity index (χ1v) is 6.82. The van der Waals surface area contributed by atoms with E-state index in [4.69, 9.17) is 0 Å². The van der Waals surface area contributed by atoms with Crippen LogP contribution in [0, 0.1) is 0 Å². The topological polar surface area (TPSA) is 17.1 Å². The molecule has 0 aromatic heterocycles. The monoisotopic (exact) mass is 254 g/mol. The molecule has 0 bridgehead atoms. The van der Waals surface area contributed by atoms with Gasteiger partial charge in [0.15, 0.2) is 5.78 Å². The van der Waals surface area contributed by atoms with Crippen LogP contribution in [-0.2, 0) is 5.41 Å². The lowest BCUT2D eigenvalue weighted by atomic mass is 9.83. The molecule has 1 aliphatic carbocycles. The van der Waals surface area contributed by atoms with Crippen LogP contribution in [-0.4, -0.2) is 5.78 Å². The van der Waals surface area contributed by atoms with E-state index in [2.05, 4.69) is 58.0 Å². The van der Waals surface area contributed by atoms with Crippen molar-refractivity contribution in [3.63, 3.8) is 0 Å². The quantitative estimate of drug-likeness (QED) is 0.685. The van der Waals surface area contributed by atoms with Crippen molar-refractivity contribution in [2.45, 2.75) is 46.5 Å². The average Bonchev–Trinajstić information content (AvgIpc) is 2.73. The number of allylic oxidation sites excluding steroid dienone is 4. The Morgan fingerprint density at radius 2 is 1.89 bits per heavy atom. The molecule has 0 radical (unpaired) electrons. The van der Waals surface area contributed by atoms with Gasteiger partial charge in [0.1, 0.15) is 0 Å². The van der Waals surface area contributed by atoms with Gasteiger partial charge in [-0.1, -0.05) is 50.6 Å². The number of carbonyl (C=O) groups is 1. The van der Waals surface area contributed by atoms with Gasteiger partial charge in [0.05, 0.1) is 0 Å². The Balaban J connectivity index is 2.52. The van der Waals surface area contributed by atoms with Gasteiger partial charge >= 0.3 is 0 Å². The Kier molecular flexibility index (Phi) is 3.49. The maximum absolute atomic E-state index is 11.9. The molecule has 0 heterocycles. The van der Waals surface area contributed by atoms with E-state index in [1.165, 1.54) is 16.7 Å². The first-order chi connectivity index (χ1) is 8.79. The van der Waals surface area contributed by atoms with Crippen molar-refractivity contribution in [2.75, 3.05) is 0 Å². The second-order valence-electron chi connectivity index (χ2n) is 6.39. The number of benzene rings is 1. The van der Waals surface area contributed by atoms with Crippen molar-refractivity contribution in [2.24, 2.45) is 0 Å². The molecule has 1 aromatic rings. The third kappa shape index (κ3) is 2.86. The normalized spacial score (nSPS) is 15.2. The lowest BCUT2D eigenvalue weighted by Crippen LogP contribution is -2.13. The molecule has 1 aromatic carbocycles. The molecule has 1 nitrogen and oxygen atoms in total. The van der Waals surface area contributed by atoms with Crippen molar-refractivity contribution >= 4 is 11.4 Å². The molecular weight excluding hydrogens is 232 g/mol. The van der Waals surface area contributed by atoms with E-state index >= 15 is 0 Å². The van der Waals surface area contributed by atoms with Gasteiger partial charge in [-0.15, -0.1) is 0 Å². The molecule has 0 amide bonds. The molecule has 2 rings (SSSR count). The minimum absolute atomic E-state index is 0.0704. The lowest BCUT2D eigenvalue weighted by Gasteiger charge is -2.21. The van der Waals surface area contributed by atoms with Gasteiger partial charge in [-0.25, -0.2) is 0 Å². The van der Waals surface area contributed by atoms with Crippen molar-refractivity contribution < 1.29 is 4.79 Å². The molecular formula is C18H22O. The SMILES string of the molecule is CC(=O)c1cc(C(C)(C)C)ccc1C1=CC(C)=CC1. The Labute approximate surface area is 116 Å². The van der Waals surface area contributed by atoms with E-state index < -0.39 is 0 Å². The van der Waals surface area contributed by atoms with Crippen molar-refractivity contribution in [1.82, 2.24) is 0 Å². The summed E-state index contributed by atoms with van der Waals surface area (Å²) in [6.45, 7) is 10.3. The Morgan fingerprint density at radius 3 is 2.37 bits per heavy atom. The molecule has 0 saturated heterocycles. The number of ketones is 1. The molecule has 1 heteroatoms. The molecule has 100 valence electrons. The number of hydrogen-bond acceptors (Lipinski definition) is 1. The summed E-state index contributed by atoms with van der Waals surface area (Å²) < 4.78 is 0. The molecule has 0 fully saturated rings. The number of hydrogen-bond donors (Lipinski definition) is 0. The average molecular weight is 254 g/mol. The third-order valence-corrected chi connectivity index (χ3v) is 3.66. The Morgan fingerprint density at radius 1 is 1.21 bits per heavy atom. The zero-order valence-corrected chi connectivity index (χ0v) is 12.5. The van der Waals surface area contributed by atoms with E-state index in [0.29, 0.717) is 0 Å². The summed E-state index contributed by atoms with van der Waals surface area (Å²) in [6.07, 6.45) is 5.32. The molecule has 0 aliphatic heterocycles. The van der Waals surface area contributed by atoms with Gasteiger partial charge in [0, 0.05) is 5.56 Å². The summed E-state index contributed by atoms with van der Waals surface area (Å²) in [5, 5.41) is 0. The highest BCUT2D eigenvalue weighted by Gasteiger charge is 2.19. The smallest absolute Gasteiger partial charge is 0.160 e. The summed E-state index contributed by atoms with van der Waals surface area (Å²) in [7, 11) is 0. The molecule has 0 N–H and O–H groups in total. The Hall–Kier alpha value is -1.63. The minimum atomic E-state index is 0.0704. The highest BCUT2D eigenvalue weighted by Crippen LogP contribution is 2.32. The van der Waals surface area contributed by atoms with Crippen LogP contribution in [0.15, 0.2) is 35.9 Å².